The number of benzene rings is 2. The van der Waals surface area contributed by atoms with E-state index in [9.17, 15) is 28.3 Å². The number of fused-ring (bicyclic) bond motifs is 1. The lowest BCUT2D eigenvalue weighted by molar-refractivity contribution is -0.138. The molecular weight excluding hydrogens is 535 g/mol. The zero-order valence-corrected chi connectivity index (χ0v) is 22.5. The quantitative estimate of drug-likeness (QED) is 0.325. The molecule has 0 saturated heterocycles. The van der Waals surface area contributed by atoms with Gasteiger partial charge in [-0.25, -0.2) is 4.98 Å². The molecule has 41 heavy (non-hydrogen) atoms. The summed E-state index contributed by atoms with van der Waals surface area (Å²) in [6.07, 6.45) is -3.08. The summed E-state index contributed by atoms with van der Waals surface area (Å²) in [5.74, 6) is 0.396. The number of amides is 1. The molecule has 5 rings (SSSR count). The largest absolute Gasteiger partial charge is 0.416 e. The number of aryl methyl sites for hydroxylation is 1. The number of hydrogen-bond acceptors (Lipinski definition) is 7. The Bertz CT molecular complexity index is 1690. The lowest BCUT2D eigenvalue weighted by Gasteiger charge is -2.24. The van der Waals surface area contributed by atoms with E-state index in [-0.39, 0.29) is 30.1 Å². The summed E-state index contributed by atoms with van der Waals surface area (Å²) in [6, 6.07) is 14.1. The van der Waals surface area contributed by atoms with Crippen LogP contribution < -0.4 is 10.2 Å². The van der Waals surface area contributed by atoms with E-state index >= 15 is 0 Å². The van der Waals surface area contributed by atoms with Crippen molar-refractivity contribution in [1.29, 1.82) is 5.26 Å². The summed E-state index contributed by atoms with van der Waals surface area (Å²) in [7, 11) is 1.78. The van der Waals surface area contributed by atoms with Crippen LogP contribution in [0, 0.1) is 16.7 Å². The van der Waals surface area contributed by atoms with Crippen LogP contribution in [0.2, 0.25) is 0 Å². The van der Waals surface area contributed by atoms with Gasteiger partial charge in [-0.15, -0.1) is 10.2 Å². The Labute approximate surface area is 233 Å². The summed E-state index contributed by atoms with van der Waals surface area (Å²) in [4.78, 5) is 19.2. The van der Waals surface area contributed by atoms with Gasteiger partial charge in [0.05, 0.1) is 23.7 Å². The zero-order chi connectivity index (χ0) is 29.5. The van der Waals surface area contributed by atoms with E-state index in [0.29, 0.717) is 40.4 Å². The first-order valence-electron chi connectivity index (χ1n) is 12.7. The van der Waals surface area contributed by atoms with Gasteiger partial charge in [0.2, 0.25) is 0 Å². The van der Waals surface area contributed by atoms with Crippen molar-refractivity contribution in [3.8, 4) is 28.6 Å². The number of halogens is 3. The molecule has 1 aliphatic heterocycles. The monoisotopic (exact) mass is 561 g/mol. The van der Waals surface area contributed by atoms with Crippen molar-refractivity contribution in [2.24, 2.45) is 12.5 Å². The van der Waals surface area contributed by atoms with Gasteiger partial charge in [0.25, 0.3) is 5.91 Å². The maximum absolute atomic E-state index is 13.8. The minimum Gasteiger partial charge on any atom is -0.396 e. The standard InChI is InChI=1S/C29H26F3N7O2/c1-28(2,15-40)14-34-24-10-18(21-9-17(12-33)7-8-19(21)26-37-35-16-38(26)3)11-25(36-24)39-13-22-20(27(39)41)5-4-6-23(22)29(30,31)32/h4-11,16,40H,13-15H2,1-3H3,(H,34,36). The number of carbonyl (C=O) groups is 1. The predicted molar refractivity (Wildman–Crippen MR) is 146 cm³/mol. The van der Waals surface area contributed by atoms with Crippen LogP contribution in [0.5, 0.6) is 0 Å². The molecule has 0 atom stereocenters. The molecule has 0 unspecified atom stereocenters. The zero-order valence-electron chi connectivity index (χ0n) is 22.5. The maximum Gasteiger partial charge on any atom is 0.416 e. The first-order valence-corrected chi connectivity index (χ1v) is 12.7. The van der Waals surface area contributed by atoms with Crippen molar-refractivity contribution in [2.45, 2.75) is 26.6 Å². The van der Waals surface area contributed by atoms with Crippen LogP contribution in [0.15, 0.2) is 54.9 Å². The normalized spacial score (nSPS) is 13.3. The van der Waals surface area contributed by atoms with Crippen molar-refractivity contribution in [3.63, 3.8) is 0 Å². The van der Waals surface area contributed by atoms with Gasteiger partial charge in [-0.1, -0.05) is 19.9 Å². The van der Waals surface area contributed by atoms with E-state index in [4.69, 9.17) is 0 Å². The Balaban J connectivity index is 1.67. The van der Waals surface area contributed by atoms with Crippen molar-refractivity contribution >= 4 is 17.5 Å². The lowest BCUT2D eigenvalue weighted by Crippen LogP contribution is -2.28. The van der Waals surface area contributed by atoms with Crippen LogP contribution in [0.25, 0.3) is 22.5 Å². The van der Waals surface area contributed by atoms with E-state index in [0.717, 1.165) is 6.07 Å². The Kier molecular flexibility index (Phi) is 7.00. The number of rotatable bonds is 7. The Hall–Kier alpha value is -4.76. The molecule has 0 spiro atoms. The predicted octanol–water partition coefficient (Wildman–Crippen LogP) is 5.03. The second-order valence-electron chi connectivity index (χ2n) is 10.6. The van der Waals surface area contributed by atoms with Gasteiger partial charge >= 0.3 is 6.18 Å². The van der Waals surface area contributed by atoms with Crippen LogP contribution in [0.3, 0.4) is 0 Å². The van der Waals surface area contributed by atoms with E-state index in [2.05, 4.69) is 26.6 Å². The number of aliphatic hydroxyl groups is 1. The number of hydrogen-bond donors (Lipinski definition) is 2. The number of nitrogens with zero attached hydrogens (tertiary/aromatic N) is 6. The first kappa shape index (κ1) is 27.8. The molecule has 0 bridgehead atoms. The van der Waals surface area contributed by atoms with Crippen molar-refractivity contribution < 1.29 is 23.1 Å². The molecule has 4 aromatic rings. The third kappa shape index (κ3) is 5.36. The van der Waals surface area contributed by atoms with Gasteiger partial charge in [0.15, 0.2) is 5.82 Å². The third-order valence-corrected chi connectivity index (χ3v) is 6.95. The number of nitrogens with one attached hydrogen (secondary N) is 1. The van der Waals surface area contributed by atoms with Gasteiger partial charge < -0.3 is 15.0 Å². The number of carbonyl (C=O) groups excluding carboxylic acids is 1. The van der Waals surface area contributed by atoms with Crippen LogP contribution in [0.4, 0.5) is 24.8 Å². The summed E-state index contributed by atoms with van der Waals surface area (Å²) in [6.45, 7) is 3.61. The molecule has 0 saturated carbocycles. The lowest BCUT2D eigenvalue weighted by atomic mass is 9.95. The van der Waals surface area contributed by atoms with Crippen LogP contribution in [0.1, 0.15) is 40.9 Å². The fourth-order valence-corrected chi connectivity index (χ4v) is 4.64. The molecule has 0 fully saturated rings. The highest BCUT2D eigenvalue weighted by atomic mass is 19.4. The molecule has 1 aliphatic rings. The van der Waals surface area contributed by atoms with Crippen LogP contribution >= 0.6 is 0 Å². The Morgan fingerprint density at radius 1 is 1.10 bits per heavy atom. The summed E-state index contributed by atoms with van der Waals surface area (Å²) >= 11 is 0. The summed E-state index contributed by atoms with van der Waals surface area (Å²) in [5.41, 5.74) is 0.648. The van der Waals surface area contributed by atoms with Gasteiger partial charge in [-0.2, -0.15) is 18.4 Å². The molecule has 0 aliphatic carbocycles. The topological polar surface area (TPSA) is 120 Å². The molecule has 1 amide bonds. The third-order valence-electron chi connectivity index (χ3n) is 6.95. The fourth-order valence-electron chi connectivity index (χ4n) is 4.64. The van der Waals surface area contributed by atoms with Crippen LogP contribution in [-0.4, -0.2) is 43.9 Å². The number of aromatic nitrogens is 4. The molecule has 2 aromatic heterocycles. The Morgan fingerprint density at radius 2 is 1.88 bits per heavy atom. The number of pyridine rings is 1. The minimum absolute atomic E-state index is 0.0331. The van der Waals surface area contributed by atoms with Crippen molar-refractivity contribution in [3.05, 3.63) is 77.1 Å². The fraction of sp³-hybridized carbons (Fsp3) is 0.276. The average Bonchev–Trinajstić information content (AvgIpc) is 3.53. The molecule has 2 aromatic carbocycles. The first-order chi connectivity index (χ1) is 19.4. The van der Waals surface area contributed by atoms with E-state index in [1.54, 1.807) is 41.9 Å². The van der Waals surface area contributed by atoms with Gasteiger partial charge in [0.1, 0.15) is 18.0 Å². The van der Waals surface area contributed by atoms with Crippen molar-refractivity contribution in [2.75, 3.05) is 23.4 Å². The van der Waals surface area contributed by atoms with Crippen LogP contribution in [-0.2, 0) is 19.8 Å². The molecule has 9 nitrogen and oxygen atoms in total. The van der Waals surface area contributed by atoms with Gasteiger partial charge in [0, 0.05) is 36.7 Å². The molecular formula is C29H26F3N7O2. The van der Waals surface area contributed by atoms with Gasteiger partial charge in [-0.05, 0) is 59.2 Å². The molecule has 3 heterocycles. The Morgan fingerprint density at radius 3 is 2.54 bits per heavy atom. The SMILES string of the molecule is Cn1cnnc1-c1ccc(C#N)cc1-c1cc(NCC(C)(C)CO)nc(N2Cc3c(cccc3C(F)(F)F)C2=O)c1. The molecule has 0 radical (unpaired) electrons. The molecule has 12 heteroatoms. The van der Waals surface area contributed by atoms with E-state index < -0.39 is 23.1 Å². The highest BCUT2D eigenvalue weighted by Gasteiger charge is 2.40. The maximum atomic E-state index is 13.8. The average molecular weight is 562 g/mol. The highest BCUT2D eigenvalue weighted by molar-refractivity contribution is 6.10. The smallest absolute Gasteiger partial charge is 0.396 e. The van der Waals surface area contributed by atoms with Gasteiger partial charge in [-0.3, -0.25) is 9.69 Å². The summed E-state index contributed by atoms with van der Waals surface area (Å²) in [5, 5.41) is 30.7. The summed E-state index contributed by atoms with van der Waals surface area (Å²) < 4.78 is 43.0. The van der Waals surface area contributed by atoms with E-state index in [1.165, 1.54) is 23.4 Å². The van der Waals surface area contributed by atoms with E-state index in [1.807, 2.05) is 13.8 Å². The number of anilines is 2. The number of aliphatic hydroxyl groups excluding tert-OH is 1. The number of alkyl halides is 3. The minimum atomic E-state index is -4.62. The van der Waals surface area contributed by atoms with Crippen molar-refractivity contribution in [1.82, 2.24) is 19.7 Å². The number of nitriles is 1. The second kappa shape index (κ2) is 10.3. The molecule has 2 N–H and O–H groups in total. The highest BCUT2D eigenvalue weighted by Crippen LogP contribution is 2.40. The second-order valence-corrected chi connectivity index (χ2v) is 10.6. The molecule has 210 valence electrons.